The number of fused-ring (bicyclic) bond motifs is 5. The molecular weight excluding hydrogens is 542 g/mol. The van der Waals surface area contributed by atoms with E-state index in [4.69, 9.17) is 9.47 Å². The van der Waals surface area contributed by atoms with Gasteiger partial charge in [-0.15, -0.1) is 0 Å². The molecular formula is C32H51NO9. The quantitative estimate of drug-likeness (QED) is 0.258. The number of piperidine rings is 2. The van der Waals surface area contributed by atoms with Crippen molar-refractivity contribution in [2.24, 2.45) is 46.8 Å². The zero-order valence-electron chi connectivity index (χ0n) is 25.6. The maximum Gasteiger partial charge on any atom is 0.309 e. The van der Waals surface area contributed by atoms with Crippen molar-refractivity contribution < 1.29 is 44.9 Å². The fourth-order valence-corrected chi connectivity index (χ4v) is 11.9. The Hall–Kier alpha value is -0.850. The van der Waals surface area contributed by atoms with E-state index in [9.17, 15) is 35.4 Å². The lowest BCUT2D eigenvalue weighted by Crippen LogP contribution is -2.77. The summed E-state index contributed by atoms with van der Waals surface area (Å²) in [5.41, 5.74) is -5.09. The van der Waals surface area contributed by atoms with Crippen LogP contribution in [0.5, 0.6) is 0 Å². The van der Waals surface area contributed by atoms with Crippen molar-refractivity contribution >= 4 is 5.97 Å². The van der Waals surface area contributed by atoms with Crippen molar-refractivity contribution in [1.29, 1.82) is 0 Å². The normalized spacial score (nSPS) is 60.6. The van der Waals surface area contributed by atoms with Gasteiger partial charge in [0.2, 0.25) is 0 Å². The van der Waals surface area contributed by atoms with Crippen molar-refractivity contribution in [3.05, 3.63) is 0 Å². The van der Waals surface area contributed by atoms with Gasteiger partial charge in [-0.25, -0.2) is 0 Å². The second kappa shape index (κ2) is 9.12. The first-order chi connectivity index (χ1) is 19.6. The minimum absolute atomic E-state index is 0.118. The van der Waals surface area contributed by atoms with Crippen LogP contribution in [-0.4, -0.2) is 108 Å². The molecule has 42 heavy (non-hydrogen) atoms. The Kier molecular flexibility index (Phi) is 6.48. The highest BCUT2D eigenvalue weighted by Gasteiger charge is 2.86. The van der Waals surface area contributed by atoms with Crippen LogP contribution in [0.1, 0.15) is 79.6 Å². The van der Waals surface area contributed by atoms with E-state index in [2.05, 4.69) is 11.8 Å². The van der Waals surface area contributed by atoms with Gasteiger partial charge in [0, 0.05) is 42.3 Å². The maximum absolute atomic E-state index is 13.3. The summed E-state index contributed by atoms with van der Waals surface area (Å²) < 4.78 is 12.8. The van der Waals surface area contributed by atoms with Crippen LogP contribution in [0, 0.1) is 46.8 Å². The first-order valence-electron chi connectivity index (χ1n) is 16.4. The molecule has 7 fully saturated rings. The average Bonchev–Trinajstić information content (AvgIpc) is 3.21. The summed E-state index contributed by atoms with van der Waals surface area (Å²) in [4.78, 5) is 15.6. The topological polar surface area (TPSA) is 160 Å². The Morgan fingerprint density at radius 3 is 2.50 bits per heavy atom. The molecule has 17 atom stereocenters. The van der Waals surface area contributed by atoms with Crippen LogP contribution >= 0.6 is 0 Å². The van der Waals surface area contributed by atoms with Gasteiger partial charge in [-0.3, -0.25) is 9.69 Å². The molecule has 0 aromatic heterocycles. The summed E-state index contributed by atoms with van der Waals surface area (Å²) in [6, 6.07) is -0.176. The summed E-state index contributed by atoms with van der Waals surface area (Å²) >= 11 is 0. The highest BCUT2D eigenvalue weighted by Crippen LogP contribution is 2.77. The van der Waals surface area contributed by atoms with E-state index in [1.54, 1.807) is 13.8 Å². The molecule has 7 rings (SSSR count). The van der Waals surface area contributed by atoms with Crippen LogP contribution in [-0.2, 0) is 14.3 Å². The van der Waals surface area contributed by atoms with Crippen molar-refractivity contribution in [3.63, 3.8) is 0 Å². The van der Waals surface area contributed by atoms with Crippen LogP contribution in [0.2, 0.25) is 0 Å². The van der Waals surface area contributed by atoms with Gasteiger partial charge in [-0.1, -0.05) is 27.7 Å². The molecule has 238 valence electrons. The average molecular weight is 594 g/mol. The number of nitrogens with zero attached hydrogens (tertiary/aromatic N) is 1. The molecule has 0 radical (unpaired) electrons. The second-order valence-electron chi connectivity index (χ2n) is 16.0. The van der Waals surface area contributed by atoms with Crippen LogP contribution in [0.3, 0.4) is 0 Å². The molecule has 4 bridgehead atoms. The van der Waals surface area contributed by atoms with E-state index in [1.807, 2.05) is 13.8 Å². The summed E-state index contributed by atoms with van der Waals surface area (Å²) in [5, 5.41) is 72.1. The molecule has 3 aliphatic heterocycles. The zero-order chi connectivity index (χ0) is 30.4. The standard InChI is InChI=1S/C32H51NO9/c1-6-16(3)27(37)41-24-23-17(14-33-13-15(2)7-8-21(33)29(23,5)38)18-12-30-25(31(18,39)26(24)36)19(34)11-20-28(30,4)10-9-22(35)32(20,40)42-30/h15-26,34-36,38-40H,6-14H2,1-5H3/t15-,16?,17-,18-,19+,20-,21-,22-,23+,24+,25+,26-,28-,29+,30+,31-,32+/m0/s1. The maximum atomic E-state index is 13.3. The van der Waals surface area contributed by atoms with E-state index in [0.717, 1.165) is 19.4 Å². The number of carbonyl (C=O) groups is 1. The fraction of sp³-hybridized carbons (Fsp3) is 0.969. The Morgan fingerprint density at radius 1 is 1.10 bits per heavy atom. The second-order valence-corrected chi connectivity index (χ2v) is 16.0. The van der Waals surface area contributed by atoms with Crippen molar-refractivity contribution in [1.82, 2.24) is 4.90 Å². The number of rotatable bonds is 3. The predicted octanol–water partition coefficient (Wildman–Crippen LogP) is 0.783. The van der Waals surface area contributed by atoms with Crippen molar-refractivity contribution in [2.45, 2.75) is 133 Å². The Balaban J connectivity index is 1.38. The first-order valence-corrected chi connectivity index (χ1v) is 16.4. The lowest BCUT2D eigenvalue weighted by atomic mass is 9.49. The first kappa shape index (κ1) is 29.8. The van der Waals surface area contributed by atoms with Gasteiger partial charge in [-0.05, 0) is 69.6 Å². The number of carbonyl (C=O) groups excluding carboxylic acids is 1. The van der Waals surface area contributed by atoms with E-state index < -0.39 is 88.0 Å². The molecule has 10 nitrogen and oxygen atoms in total. The molecule has 1 unspecified atom stereocenters. The summed E-state index contributed by atoms with van der Waals surface area (Å²) in [5.74, 6) is -5.44. The third-order valence-corrected chi connectivity index (χ3v) is 14.1. The molecule has 6 N–H and O–H groups in total. The lowest BCUT2D eigenvalue weighted by Gasteiger charge is -2.64. The minimum Gasteiger partial charge on any atom is -0.459 e. The molecule has 10 heteroatoms. The third-order valence-electron chi connectivity index (χ3n) is 14.1. The van der Waals surface area contributed by atoms with E-state index >= 15 is 0 Å². The molecule has 0 aromatic rings. The van der Waals surface area contributed by atoms with E-state index in [0.29, 0.717) is 31.7 Å². The number of hydrogen-bond acceptors (Lipinski definition) is 10. The number of aliphatic hydroxyl groups excluding tert-OH is 3. The highest BCUT2D eigenvalue weighted by molar-refractivity contribution is 5.72. The molecule has 4 aliphatic carbocycles. The van der Waals surface area contributed by atoms with E-state index in [1.165, 1.54) is 0 Å². The molecule has 1 spiro atoms. The van der Waals surface area contributed by atoms with Crippen LogP contribution < -0.4 is 0 Å². The van der Waals surface area contributed by atoms with Crippen LogP contribution in [0.25, 0.3) is 0 Å². The Labute approximate surface area is 248 Å². The van der Waals surface area contributed by atoms with Gasteiger partial charge in [0.1, 0.15) is 23.9 Å². The van der Waals surface area contributed by atoms with Crippen molar-refractivity contribution in [3.8, 4) is 0 Å². The number of aliphatic hydroxyl groups is 6. The van der Waals surface area contributed by atoms with Gasteiger partial charge in [0.15, 0.2) is 5.79 Å². The predicted molar refractivity (Wildman–Crippen MR) is 149 cm³/mol. The van der Waals surface area contributed by atoms with Gasteiger partial charge in [-0.2, -0.15) is 0 Å². The summed E-state index contributed by atoms with van der Waals surface area (Å²) in [7, 11) is 0. The Bertz CT molecular complexity index is 1140. The number of esters is 1. The lowest BCUT2D eigenvalue weighted by molar-refractivity contribution is -0.297. The van der Waals surface area contributed by atoms with Crippen LogP contribution in [0.4, 0.5) is 0 Å². The molecule has 3 heterocycles. The van der Waals surface area contributed by atoms with Crippen molar-refractivity contribution in [2.75, 3.05) is 13.1 Å². The number of hydrogen-bond donors (Lipinski definition) is 6. The van der Waals surface area contributed by atoms with Gasteiger partial charge < -0.3 is 40.1 Å². The molecule has 4 saturated carbocycles. The molecule has 7 aliphatic rings. The highest BCUT2D eigenvalue weighted by atomic mass is 16.7. The SMILES string of the molecule is CCC(C)C(=O)O[C@@H]1[C@H]2[C@@H](CN3C[C@@H](C)CC[C@H]3[C@@]2(C)O)[C@@H]2C[C@@]34O[C@]5(O)[C@@H](C[C@@H](O)[C@H]3[C@]2(O)[C@H]1O)[C@]4(C)CC[C@@H]5O. The largest absolute Gasteiger partial charge is 0.459 e. The molecule has 3 saturated heterocycles. The smallest absolute Gasteiger partial charge is 0.309 e. The minimum atomic E-state index is -1.90. The molecule has 0 aromatic carbocycles. The monoisotopic (exact) mass is 593 g/mol. The third kappa shape index (κ3) is 3.36. The van der Waals surface area contributed by atoms with Gasteiger partial charge >= 0.3 is 5.97 Å². The van der Waals surface area contributed by atoms with E-state index in [-0.39, 0.29) is 24.8 Å². The molecule has 0 amide bonds. The number of ether oxygens (including phenoxy) is 2. The summed E-state index contributed by atoms with van der Waals surface area (Å²) in [6.07, 6.45) is -1.43. The Morgan fingerprint density at radius 2 is 1.81 bits per heavy atom. The van der Waals surface area contributed by atoms with Gasteiger partial charge in [0.25, 0.3) is 0 Å². The summed E-state index contributed by atoms with van der Waals surface area (Å²) in [6.45, 7) is 11.0. The zero-order valence-corrected chi connectivity index (χ0v) is 25.6. The van der Waals surface area contributed by atoms with Crippen LogP contribution in [0.15, 0.2) is 0 Å². The fourth-order valence-electron chi connectivity index (χ4n) is 11.9. The van der Waals surface area contributed by atoms with Gasteiger partial charge in [0.05, 0.1) is 23.2 Å².